The third kappa shape index (κ3) is 4.33. The zero-order valence-corrected chi connectivity index (χ0v) is 20.8. The molecule has 0 heterocycles. The van der Waals surface area contributed by atoms with E-state index in [0.717, 1.165) is 0 Å². The van der Waals surface area contributed by atoms with Gasteiger partial charge in [-0.05, 0) is 34.4 Å². The fourth-order valence-corrected chi connectivity index (χ4v) is 4.74. The van der Waals surface area contributed by atoms with Crippen molar-refractivity contribution in [3.05, 3.63) is 137 Å². The van der Waals surface area contributed by atoms with Gasteiger partial charge in [-0.15, -0.1) is 0 Å². The number of hydrogen-bond donors (Lipinski definition) is 0. The number of hydrogen-bond acceptors (Lipinski definition) is 3. The molecule has 0 bridgehead atoms. The molecular weight excluding hydrogens is 502 g/mol. The molecule has 5 rings (SSSR count). The second-order valence-corrected chi connectivity index (χ2v) is 8.80. The van der Waals surface area contributed by atoms with Gasteiger partial charge in [-0.1, -0.05) is 84.9 Å². The van der Waals surface area contributed by atoms with Crippen molar-refractivity contribution < 1.29 is 8.78 Å². The summed E-state index contributed by atoms with van der Waals surface area (Å²) in [5, 5.41) is 29.6. The van der Waals surface area contributed by atoms with Crippen LogP contribution in [0.4, 0.5) is 14.5 Å². The van der Waals surface area contributed by atoms with Crippen LogP contribution in [0.1, 0.15) is 16.7 Å². The summed E-state index contributed by atoms with van der Waals surface area (Å²) in [6.45, 7) is 7.67. The highest BCUT2D eigenvalue weighted by molar-refractivity contribution is 5.90. The van der Waals surface area contributed by atoms with Crippen molar-refractivity contribution in [2.75, 3.05) is 0 Å². The molecule has 0 saturated heterocycles. The Balaban J connectivity index is 1.66. The van der Waals surface area contributed by atoms with Crippen LogP contribution in [0.25, 0.3) is 49.4 Å². The van der Waals surface area contributed by atoms with Crippen molar-refractivity contribution in [2.45, 2.75) is 0 Å². The van der Waals surface area contributed by atoms with Crippen molar-refractivity contribution in [2.24, 2.45) is 0 Å². The van der Waals surface area contributed by atoms with Gasteiger partial charge < -0.3 is 0 Å². The Morgan fingerprint density at radius 1 is 0.550 bits per heavy atom. The Bertz CT molecular complexity index is 1790. The summed E-state index contributed by atoms with van der Waals surface area (Å²) < 4.78 is 31.1. The Morgan fingerprint density at radius 2 is 1.00 bits per heavy atom. The summed E-state index contributed by atoms with van der Waals surface area (Å²) in [7, 11) is 0. The van der Waals surface area contributed by atoms with Gasteiger partial charge in [-0.2, -0.15) is 15.8 Å². The van der Waals surface area contributed by atoms with Crippen LogP contribution in [0.15, 0.2) is 97.1 Å². The molecule has 0 unspecified atom stereocenters. The van der Waals surface area contributed by atoms with E-state index in [1.807, 2.05) is 6.07 Å². The molecule has 0 atom stereocenters. The molecule has 0 saturated carbocycles. The Labute approximate surface area is 229 Å². The normalized spacial score (nSPS) is 10.2. The monoisotopic (exact) mass is 518 g/mol. The van der Waals surface area contributed by atoms with Crippen molar-refractivity contribution in [3.8, 4) is 62.7 Å². The fraction of sp³-hybridized carbons (Fsp3) is 0. The number of halogens is 2. The zero-order valence-electron chi connectivity index (χ0n) is 20.8. The SMILES string of the molecule is [C-]#[N+]c1c(F)c(-c2ccccc2)cc(C#N)c1-c1ccc(-c2c(C#N)cc(-c3ccccc3)c(F)c2C#N)cc1. The van der Waals surface area contributed by atoms with Crippen LogP contribution in [-0.4, -0.2) is 0 Å². The highest BCUT2D eigenvalue weighted by Gasteiger charge is 2.23. The smallest absolute Gasteiger partial charge is 0.231 e. The maximum atomic E-state index is 15.5. The Morgan fingerprint density at radius 3 is 1.45 bits per heavy atom. The molecule has 40 heavy (non-hydrogen) atoms. The van der Waals surface area contributed by atoms with E-state index in [1.165, 1.54) is 12.1 Å². The zero-order chi connectivity index (χ0) is 28.2. The predicted octanol–water partition coefficient (Wildman–Crippen LogP) is 8.80. The summed E-state index contributed by atoms with van der Waals surface area (Å²) >= 11 is 0. The molecule has 0 amide bonds. The van der Waals surface area contributed by atoms with Gasteiger partial charge in [0.15, 0.2) is 0 Å². The largest absolute Gasteiger partial charge is 0.234 e. The third-order valence-corrected chi connectivity index (χ3v) is 6.60. The quantitative estimate of drug-likeness (QED) is 0.223. The molecule has 5 aromatic carbocycles. The number of nitrogens with zero attached hydrogens (tertiary/aromatic N) is 4. The lowest BCUT2D eigenvalue weighted by atomic mass is 9.88. The van der Waals surface area contributed by atoms with Crippen LogP contribution in [0.3, 0.4) is 0 Å². The van der Waals surface area contributed by atoms with E-state index in [1.54, 1.807) is 84.9 Å². The van der Waals surface area contributed by atoms with Crippen molar-refractivity contribution in [3.63, 3.8) is 0 Å². The van der Waals surface area contributed by atoms with E-state index < -0.39 is 11.6 Å². The van der Waals surface area contributed by atoms with Crippen LogP contribution in [0.5, 0.6) is 0 Å². The van der Waals surface area contributed by atoms with Crippen LogP contribution >= 0.6 is 0 Å². The molecule has 5 aromatic rings. The average molecular weight is 519 g/mol. The van der Waals surface area contributed by atoms with Crippen molar-refractivity contribution in [1.29, 1.82) is 15.8 Å². The second kappa shape index (κ2) is 10.7. The summed E-state index contributed by atoms with van der Waals surface area (Å²) in [5.41, 5.74) is 2.07. The molecule has 0 spiro atoms. The van der Waals surface area contributed by atoms with Crippen molar-refractivity contribution >= 4 is 5.69 Å². The number of rotatable bonds is 4. The first-order valence-electron chi connectivity index (χ1n) is 12.0. The fourth-order valence-electron chi connectivity index (χ4n) is 4.74. The first kappa shape index (κ1) is 25.6. The molecule has 0 radical (unpaired) electrons. The molecule has 6 heteroatoms. The lowest BCUT2D eigenvalue weighted by Crippen LogP contribution is -1.98. The van der Waals surface area contributed by atoms with Gasteiger partial charge in [-0.3, -0.25) is 0 Å². The molecule has 0 N–H and O–H groups in total. The van der Waals surface area contributed by atoms with Crippen LogP contribution in [0, 0.1) is 52.2 Å². The van der Waals surface area contributed by atoms with E-state index in [2.05, 4.69) is 17.0 Å². The second-order valence-electron chi connectivity index (χ2n) is 8.80. The molecule has 0 aliphatic carbocycles. The van der Waals surface area contributed by atoms with Crippen LogP contribution in [0.2, 0.25) is 0 Å². The summed E-state index contributed by atoms with van der Waals surface area (Å²) in [5.74, 6) is -1.48. The molecular formula is C34H16F2N4. The minimum absolute atomic E-state index is 0.113. The first-order valence-corrected chi connectivity index (χ1v) is 12.0. The van der Waals surface area contributed by atoms with Gasteiger partial charge in [0.25, 0.3) is 0 Å². The van der Waals surface area contributed by atoms with E-state index in [4.69, 9.17) is 6.57 Å². The number of nitriles is 3. The van der Waals surface area contributed by atoms with Gasteiger partial charge >= 0.3 is 0 Å². The van der Waals surface area contributed by atoms with Gasteiger partial charge in [0, 0.05) is 22.3 Å². The van der Waals surface area contributed by atoms with E-state index in [9.17, 15) is 15.8 Å². The first-order chi connectivity index (χ1) is 19.5. The molecule has 0 aromatic heterocycles. The Hall–Kier alpha value is -6.08. The number of benzene rings is 5. The summed E-state index contributed by atoms with van der Waals surface area (Å²) in [4.78, 5) is 3.41. The Kier molecular flexibility index (Phi) is 6.86. The topological polar surface area (TPSA) is 75.7 Å². The van der Waals surface area contributed by atoms with Crippen molar-refractivity contribution in [1.82, 2.24) is 0 Å². The van der Waals surface area contributed by atoms with Crippen LogP contribution in [-0.2, 0) is 0 Å². The van der Waals surface area contributed by atoms with E-state index in [0.29, 0.717) is 22.3 Å². The minimum Gasteiger partial charge on any atom is -0.234 e. The van der Waals surface area contributed by atoms with E-state index >= 15 is 8.78 Å². The maximum Gasteiger partial charge on any atom is 0.231 e. The molecule has 0 fully saturated rings. The molecule has 0 aliphatic heterocycles. The lowest BCUT2D eigenvalue weighted by molar-refractivity contribution is 0.628. The van der Waals surface area contributed by atoms with Gasteiger partial charge in [-0.25, -0.2) is 13.6 Å². The molecule has 4 nitrogen and oxygen atoms in total. The van der Waals surface area contributed by atoms with Crippen LogP contribution < -0.4 is 0 Å². The van der Waals surface area contributed by atoms with E-state index in [-0.39, 0.29) is 44.6 Å². The highest BCUT2D eigenvalue weighted by Crippen LogP contribution is 2.42. The lowest BCUT2D eigenvalue weighted by Gasteiger charge is -2.15. The maximum absolute atomic E-state index is 15.5. The third-order valence-electron chi connectivity index (χ3n) is 6.60. The average Bonchev–Trinajstić information content (AvgIpc) is 3.01. The standard InChI is InChI=1S/C34H16F2N4/c1-40-34-31(26(19-38)17-28(33(34)36)22-10-6-3-7-11-22)24-14-12-23(13-15-24)30-25(18-37)16-27(32(35)29(30)20-39)21-8-4-2-5-9-21/h2-17H. The van der Waals surface area contributed by atoms with Gasteiger partial charge in [0.2, 0.25) is 5.69 Å². The molecule has 186 valence electrons. The summed E-state index contributed by atoms with van der Waals surface area (Å²) in [6.07, 6.45) is 0. The summed E-state index contributed by atoms with van der Waals surface area (Å²) in [6, 6.07) is 32.4. The van der Waals surface area contributed by atoms with Gasteiger partial charge in [0.1, 0.15) is 17.7 Å². The van der Waals surface area contributed by atoms with Gasteiger partial charge in [0.05, 0.1) is 35.4 Å². The minimum atomic E-state index is -0.743. The highest BCUT2D eigenvalue weighted by atomic mass is 19.1. The predicted molar refractivity (Wildman–Crippen MR) is 149 cm³/mol. The molecule has 0 aliphatic rings.